The Balaban J connectivity index is 2.67. The summed E-state index contributed by atoms with van der Waals surface area (Å²) in [7, 11) is 2.69. The van der Waals surface area contributed by atoms with Crippen LogP contribution in [-0.2, 0) is 25.5 Å². The molecule has 1 unspecified atom stereocenters. The maximum Gasteiger partial charge on any atom is 0.312 e. The van der Waals surface area contributed by atoms with Gasteiger partial charge in [-0.3, -0.25) is 9.59 Å². The minimum Gasteiger partial charge on any atom is -0.469 e. The molecule has 0 fully saturated rings. The zero-order valence-corrected chi connectivity index (χ0v) is 11.2. The molecule has 102 valence electrons. The summed E-state index contributed by atoms with van der Waals surface area (Å²) in [5, 5.41) is 0. The Morgan fingerprint density at radius 1 is 1.16 bits per heavy atom. The Bertz CT molecular complexity index is 437. The molecule has 1 aromatic carbocycles. The summed E-state index contributed by atoms with van der Waals surface area (Å²) in [6, 6.07) is 9.65. The monoisotopic (exact) mass is 262 g/mol. The largest absolute Gasteiger partial charge is 0.469 e. The standard InChI is InChI=1S/C15H18O4/c1-18-14(16)10-6-9-13(15(17)19-2)11-12-7-4-3-5-8-12/h3-9,13H,10-11H2,1-2H3/b9-6+. The van der Waals surface area contributed by atoms with Crippen LogP contribution >= 0.6 is 0 Å². The number of esters is 2. The fourth-order valence-electron chi connectivity index (χ4n) is 1.66. The Morgan fingerprint density at radius 3 is 2.42 bits per heavy atom. The van der Waals surface area contributed by atoms with Crippen LogP contribution in [0.4, 0.5) is 0 Å². The van der Waals surface area contributed by atoms with Crippen LogP contribution in [0.1, 0.15) is 12.0 Å². The quantitative estimate of drug-likeness (QED) is 0.582. The Kier molecular flexibility index (Phi) is 6.36. The van der Waals surface area contributed by atoms with Crippen LogP contribution in [-0.4, -0.2) is 26.2 Å². The molecular weight excluding hydrogens is 244 g/mol. The Labute approximate surface area is 113 Å². The van der Waals surface area contributed by atoms with E-state index in [2.05, 4.69) is 4.74 Å². The number of rotatable bonds is 6. The van der Waals surface area contributed by atoms with Crippen LogP contribution in [0.5, 0.6) is 0 Å². The zero-order chi connectivity index (χ0) is 14.1. The predicted molar refractivity (Wildman–Crippen MR) is 71.4 cm³/mol. The average molecular weight is 262 g/mol. The van der Waals surface area contributed by atoms with Gasteiger partial charge >= 0.3 is 11.9 Å². The smallest absolute Gasteiger partial charge is 0.312 e. The van der Waals surface area contributed by atoms with E-state index in [1.807, 2.05) is 30.3 Å². The van der Waals surface area contributed by atoms with Crippen molar-refractivity contribution in [2.75, 3.05) is 14.2 Å². The lowest BCUT2D eigenvalue weighted by Crippen LogP contribution is -2.16. The lowest BCUT2D eigenvalue weighted by atomic mass is 9.98. The lowest BCUT2D eigenvalue weighted by molar-refractivity contribution is -0.144. The van der Waals surface area contributed by atoms with Crippen LogP contribution in [0.3, 0.4) is 0 Å². The van der Waals surface area contributed by atoms with Crippen molar-refractivity contribution in [3.63, 3.8) is 0 Å². The summed E-state index contributed by atoms with van der Waals surface area (Å²) < 4.78 is 9.29. The summed E-state index contributed by atoms with van der Waals surface area (Å²) >= 11 is 0. The lowest BCUT2D eigenvalue weighted by Gasteiger charge is -2.10. The third-order valence-corrected chi connectivity index (χ3v) is 2.68. The van der Waals surface area contributed by atoms with Crippen LogP contribution in [0, 0.1) is 5.92 Å². The Hall–Kier alpha value is -2.10. The van der Waals surface area contributed by atoms with E-state index in [1.165, 1.54) is 14.2 Å². The van der Waals surface area contributed by atoms with Gasteiger partial charge in [-0.2, -0.15) is 0 Å². The maximum atomic E-state index is 11.7. The van der Waals surface area contributed by atoms with E-state index in [0.29, 0.717) is 6.42 Å². The molecule has 0 aliphatic heterocycles. The molecule has 1 atom stereocenters. The van der Waals surface area contributed by atoms with Gasteiger partial charge in [-0.05, 0) is 12.0 Å². The summed E-state index contributed by atoms with van der Waals surface area (Å²) in [5.41, 5.74) is 1.04. The first-order chi connectivity index (χ1) is 9.17. The number of hydrogen-bond donors (Lipinski definition) is 0. The first-order valence-corrected chi connectivity index (χ1v) is 6.02. The van der Waals surface area contributed by atoms with Crippen LogP contribution in [0.15, 0.2) is 42.5 Å². The second-order valence-electron chi connectivity index (χ2n) is 4.03. The number of hydrogen-bond acceptors (Lipinski definition) is 4. The molecule has 0 amide bonds. The van der Waals surface area contributed by atoms with Gasteiger partial charge in [0.25, 0.3) is 0 Å². The van der Waals surface area contributed by atoms with Gasteiger partial charge < -0.3 is 9.47 Å². The molecule has 19 heavy (non-hydrogen) atoms. The third kappa shape index (κ3) is 5.38. The third-order valence-electron chi connectivity index (χ3n) is 2.68. The first kappa shape index (κ1) is 15.0. The molecule has 0 spiro atoms. The number of benzene rings is 1. The summed E-state index contributed by atoms with van der Waals surface area (Å²) in [5.74, 6) is -1.04. The van der Waals surface area contributed by atoms with Crippen molar-refractivity contribution >= 4 is 11.9 Å². The molecule has 0 aliphatic rings. The van der Waals surface area contributed by atoms with E-state index in [4.69, 9.17) is 4.74 Å². The Morgan fingerprint density at radius 2 is 1.84 bits per heavy atom. The van der Waals surface area contributed by atoms with Gasteiger partial charge in [0.2, 0.25) is 0 Å². The topological polar surface area (TPSA) is 52.6 Å². The highest BCUT2D eigenvalue weighted by Crippen LogP contribution is 2.12. The summed E-state index contributed by atoms with van der Waals surface area (Å²) in [6.07, 6.45) is 4.02. The predicted octanol–water partition coefficient (Wildman–Crippen LogP) is 2.14. The molecule has 0 bridgehead atoms. The van der Waals surface area contributed by atoms with Gasteiger partial charge in [0, 0.05) is 0 Å². The zero-order valence-electron chi connectivity index (χ0n) is 11.2. The van der Waals surface area contributed by atoms with Gasteiger partial charge in [-0.1, -0.05) is 42.5 Å². The molecule has 0 saturated carbocycles. The van der Waals surface area contributed by atoms with E-state index in [1.54, 1.807) is 12.2 Å². The second kappa shape index (κ2) is 8.08. The number of ether oxygens (including phenoxy) is 2. The molecule has 4 heteroatoms. The fourth-order valence-corrected chi connectivity index (χ4v) is 1.66. The molecule has 0 saturated heterocycles. The van der Waals surface area contributed by atoms with Crippen molar-refractivity contribution in [3.05, 3.63) is 48.0 Å². The van der Waals surface area contributed by atoms with Gasteiger partial charge in [-0.15, -0.1) is 0 Å². The molecule has 1 aromatic rings. The van der Waals surface area contributed by atoms with Gasteiger partial charge in [0.1, 0.15) is 0 Å². The van der Waals surface area contributed by atoms with Crippen LogP contribution in [0.25, 0.3) is 0 Å². The van der Waals surface area contributed by atoms with E-state index in [0.717, 1.165) is 5.56 Å². The fraction of sp³-hybridized carbons (Fsp3) is 0.333. The number of carbonyl (C=O) groups excluding carboxylic acids is 2. The van der Waals surface area contributed by atoms with Crippen molar-refractivity contribution in [3.8, 4) is 0 Å². The number of carbonyl (C=O) groups is 2. The average Bonchev–Trinajstić information content (AvgIpc) is 2.46. The minimum absolute atomic E-state index is 0.152. The van der Waals surface area contributed by atoms with Crippen molar-refractivity contribution in [2.24, 2.45) is 5.92 Å². The highest BCUT2D eigenvalue weighted by Gasteiger charge is 2.16. The first-order valence-electron chi connectivity index (χ1n) is 6.02. The van der Waals surface area contributed by atoms with E-state index < -0.39 is 5.92 Å². The normalized spacial score (nSPS) is 12.1. The summed E-state index contributed by atoms with van der Waals surface area (Å²) in [6.45, 7) is 0. The molecule has 0 N–H and O–H groups in total. The van der Waals surface area contributed by atoms with Gasteiger partial charge in [0.05, 0.1) is 26.6 Å². The van der Waals surface area contributed by atoms with Crippen molar-refractivity contribution in [2.45, 2.75) is 12.8 Å². The SMILES string of the molecule is COC(=O)C/C=C/C(Cc1ccccc1)C(=O)OC. The van der Waals surface area contributed by atoms with Gasteiger partial charge in [-0.25, -0.2) is 0 Å². The number of methoxy groups -OCH3 is 2. The van der Waals surface area contributed by atoms with Crippen molar-refractivity contribution in [1.82, 2.24) is 0 Å². The van der Waals surface area contributed by atoms with Gasteiger partial charge in [0.15, 0.2) is 0 Å². The molecule has 0 aromatic heterocycles. The van der Waals surface area contributed by atoms with Crippen LogP contribution < -0.4 is 0 Å². The van der Waals surface area contributed by atoms with Crippen LogP contribution in [0.2, 0.25) is 0 Å². The van der Waals surface area contributed by atoms with Crippen molar-refractivity contribution in [1.29, 1.82) is 0 Å². The van der Waals surface area contributed by atoms with Crippen molar-refractivity contribution < 1.29 is 19.1 Å². The molecular formula is C15H18O4. The van der Waals surface area contributed by atoms with E-state index in [-0.39, 0.29) is 18.4 Å². The molecule has 1 rings (SSSR count). The minimum atomic E-state index is -0.392. The highest BCUT2D eigenvalue weighted by atomic mass is 16.5. The highest BCUT2D eigenvalue weighted by molar-refractivity contribution is 5.75. The van der Waals surface area contributed by atoms with E-state index >= 15 is 0 Å². The second-order valence-corrected chi connectivity index (χ2v) is 4.03. The maximum absolute atomic E-state index is 11.7. The molecule has 0 aliphatic carbocycles. The molecule has 4 nitrogen and oxygen atoms in total. The van der Waals surface area contributed by atoms with E-state index in [9.17, 15) is 9.59 Å². The molecule has 0 heterocycles. The summed E-state index contributed by atoms with van der Waals surface area (Å²) in [4.78, 5) is 22.7. The molecule has 0 radical (unpaired) electrons.